The molecule has 1 saturated carbocycles. The van der Waals surface area contributed by atoms with Gasteiger partial charge in [0.05, 0.1) is 0 Å². The lowest BCUT2D eigenvalue weighted by molar-refractivity contribution is 0.326. The highest BCUT2D eigenvalue weighted by molar-refractivity contribution is 6.28. The van der Waals surface area contributed by atoms with E-state index in [0.29, 0.717) is 12.0 Å². The van der Waals surface area contributed by atoms with Gasteiger partial charge in [-0.25, -0.2) is 0 Å². The summed E-state index contributed by atoms with van der Waals surface area (Å²) < 4.78 is 0. The van der Waals surface area contributed by atoms with E-state index in [0.717, 1.165) is 25.6 Å². The summed E-state index contributed by atoms with van der Waals surface area (Å²) >= 11 is 5.73. The minimum absolute atomic E-state index is 0.136. The van der Waals surface area contributed by atoms with Crippen LogP contribution in [0.1, 0.15) is 19.3 Å². The Balaban J connectivity index is 1.62. The number of likely N-dealkylation sites (tertiary alicyclic amines) is 1. The Hall–Kier alpha value is -1.14. The Morgan fingerprint density at radius 1 is 1.24 bits per heavy atom. The maximum Gasteiger partial charge on any atom is 0.229 e. The Kier molecular flexibility index (Phi) is 2.76. The highest BCUT2D eigenvalue weighted by atomic mass is 35.5. The quantitative estimate of drug-likeness (QED) is 0.829. The number of hydrogen-bond acceptors (Lipinski definition) is 6. The van der Waals surface area contributed by atoms with E-state index < -0.39 is 0 Å². The number of aromatic nitrogens is 3. The summed E-state index contributed by atoms with van der Waals surface area (Å²) in [5, 5.41) is 3.40. The van der Waals surface area contributed by atoms with E-state index in [1.54, 1.807) is 0 Å². The van der Waals surface area contributed by atoms with Gasteiger partial charge in [-0.1, -0.05) is 0 Å². The highest BCUT2D eigenvalue weighted by Crippen LogP contribution is 2.30. The monoisotopic (exact) mass is 254 g/mol. The summed E-state index contributed by atoms with van der Waals surface area (Å²) in [6, 6.07) is 1.20. The van der Waals surface area contributed by atoms with Crippen molar-refractivity contribution in [3.8, 4) is 0 Å². The van der Waals surface area contributed by atoms with Crippen molar-refractivity contribution in [2.45, 2.75) is 31.3 Å². The molecule has 0 amide bonds. The molecular formula is C10H15ClN6. The zero-order chi connectivity index (χ0) is 11.8. The van der Waals surface area contributed by atoms with Crippen LogP contribution in [0.3, 0.4) is 0 Å². The number of halogens is 1. The molecule has 1 unspecified atom stereocenters. The van der Waals surface area contributed by atoms with E-state index in [9.17, 15) is 0 Å². The molecule has 0 radical (unpaired) electrons. The summed E-state index contributed by atoms with van der Waals surface area (Å²) in [5.74, 6) is 0.634. The number of nitrogens with two attached hydrogens (primary N) is 1. The Morgan fingerprint density at radius 2 is 2.06 bits per heavy atom. The van der Waals surface area contributed by atoms with Gasteiger partial charge in [0, 0.05) is 25.2 Å². The van der Waals surface area contributed by atoms with Crippen molar-refractivity contribution in [3.63, 3.8) is 0 Å². The summed E-state index contributed by atoms with van der Waals surface area (Å²) in [6.07, 6.45) is 3.80. The van der Waals surface area contributed by atoms with E-state index in [4.69, 9.17) is 17.3 Å². The average molecular weight is 255 g/mol. The number of nitrogens with zero attached hydrogens (tertiary/aromatic N) is 4. The maximum absolute atomic E-state index is 5.73. The molecule has 2 aliphatic rings. The molecule has 1 aliphatic heterocycles. The smallest absolute Gasteiger partial charge is 0.229 e. The highest BCUT2D eigenvalue weighted by Gasteiger charge is 2.34. The normalized spacial score (nSPS) is 25.1. The van der Waals surface area contributed by atoms with Crippen LogP contribution in [0.5, 0.6) is 0 Å². The van der Waals surface area contributed by atoms with Crippen molar-refractivity contribution in [3.05, 3.63) is 5.28 Å². The molecule has 1 atom stereocenters. The average Bonchev–Trinajstić information content (AvgIpc) is 2.99. The van der Waals surface area contributed by atoms with E-state index in [1.165, 1.54) is 12.8 Å². The molecule has 3 N–H and O–H groups in total. The topological polar surface area (TPSA) is 80.0 Å². The van der Waals surface area contributed by atoms with Gasteiger partial charge in [0.1, 0.15) is 0 Å². The molecule has 7 heteroatoms. The van der Waals surface area contributed by atoms with Gasteiger partial charge in [-0.2, -0.15) is 15.0 Å². The lowest BCUT2D eigenvalue weighted by atomic mass is 10.3. The van der Waals surface area contributed by atoms with Crippen LogP contribution >= 0.6 is 11.6 Å². The summed E-state index contributed by atoms with van der Waals surface area (Å²) in [6.45, 7) is 2.20. The van der Waals surface area contributed by atoms with Gasteiger partial charge in [0.25, 0.3) is 0 Å². The van der Waals surface area contributed by atoms with Gasteiger partial charge in [0.15, 0.2) is 0 Å². The maximum atomic E-state index is 5.73. The first-order valence-electron chi connectivity index (χ1n) is 5.88. The molecule has 92 valence electrons. The van der Waals surface area contributed by atoms with Crippen molar-refractivity contribution in [2.24, 2.45) is 0 Å². The lowest BCUT2D eigenvalue weighted by Gasteiger charge is -2.15. The fourth-order valence-electron chi connectivity index (χ4n) is 2.29. The van der Waals surface area contributed by atoms with Gasteiger partial charge >= 0.3 is 0 Å². The predicted molar refractivity (Wildman–Crippen MR) is 65.9 cm³/mol. The van der Waals surface area contributed by atoms with Crippen LogP contribution in [0, 0.1) is 0 Å². The molecule has 1 aromatic heterocycles. The van der Waals surface area contributed by atoms with Gasteiger partial charge in [-0.05, 0) is 30.9 Å². The molecule has 1 aromatic rings. The Bertz CT molecular complexity index is 401. The predicted octanol–water partition coefficient (Wildman–Crippen LogP) is 0.756. The number of rotatable bonds is 3. The minimum Gasteiger partial charge on any atom is -0.368 e. The summed E-state index contributed by atoms with van der Waals surface area (Å²) in [5.41, 5.74) is 5.52. The van der Waals surface area contributed by atoms with E-state index >= 15 is 0 Å². The summed E-state index contributed by atoms with van der Waals surface area (Å²) in [4.78, 5) is 14.3. The fraction of sp³-hybridized carbons (Fsp3) is 0.700. The fourth-order valence-corrected chi connectivity index (χ4v) is 2.46. The van der Waals surface area contributed by atoms with Crippen LogP contribution < -0.4 is 11.1 Å². The molecule has 3 rings (SSSR count). The Morgan fingerprint density at radius 3 is 2.76 bits per heavy atom. The van der Waals surface area contributed by atoms with Crippen LogP contribution in [-0.4, -0.2) is 45.0 Å². The van der Waals surface area contributed by atoms with Gasteiger partial charge in [-0.3, -0.25) is 4.90 Å². The standard InChI is InChI=1S/C10H15ClN6/c11-8-14-9(12)16-10(15-8)13-6-3-4-17(5-6)7-1-2-7/h6-7H,1-5H2,(H3,12,13,14,15,16). The first-order chi connectivity index (χ1) is 8.20. The molecule has 0 spiro atoms. The third kappa shape index (κ3) is 2.58. The van der Waals surface area contributed by atoms with Crippen molar-refractivity contribution in [1.82, 2.24) is 19.9 Å². The molecule has 1 saturated heterocycles. The number of nitrogens with one attached hydrogen (secondary N) is 1. The minimum atomic E-state index is 0.136. The van der Waals surface area contributed by atoms with E-state index in [-0.39, 0.29) is 11.2 Å². The van der Waals surface area contributed by atoms with Crippen molar-refractivity contribution in [2.75, 3.05) is 24.1 Å². The van der Waals surface area contributed by atoms with E-state index in [1.807, 2.05) is 0 Å². The number of hydrogen-bond donors (Lipinski definition) is 2. The van der Waals surface area contributed by atoms with Crippen molar-refractivity contribution >= 4 is 23.5 Å². The third-order valence-electron chi connectivity index (χ3n) is 3.24. The molecule has 0 aromatic carbocycles. The zero-order valence-electron chi connectivity index (χ0n) is 9.43. The van der Waals surface area contributed by atoms with Gasteiger partial charge < -0.3 is 11.1 Å². The molecule has 0 bridgehead atoms. The second-order valence-electron chi connectivity index (χ2n) is 4.64. The molecule has 17 heavy (non-hydrogen) atoms. The van der Waals surface area contributed by atoms with Gasteiger partial charge in [0.2, 0.25) is 17.2 Å². The second kappa shape index (κ2) is 4.27. The molecule has 6 nitrogen and oxygen atoms in total. The first-order valence-corrected chi connectivity index (χ1v) is 6.26. The first kappa shape index (κ1) is 11.0. The third-order valence-corrected chi connectivity index (χ3v) is 3.41. The summed E-state index contributed by atoms with van der Waals surface area (Å²) in [7, 11) is 0. The van der Waals surface area contributed by atoms with Crippen molar-refractivity contribution < 1.29 is 0 Å². The molecule has 1 aliphatic carbocycles. The van der Waals surface area contributed by atoms with Crippen LogP contribution in [0.4, 0.5) is 11.9 Å². The SMILES string of the molecule is Nc1nc(Cl)nc(NC2CCN(C3CC3)C2)n1. The largest absolute Gasteiger partial charge is 0.368 e. The zero-order valence-corrected chi connectivity index (χ0v) is 10.2. The van der Waals surface area contributed by atoms with E-state index in [2.05, 4.69) is 25.2 Å². The Labute approximate surface area is 105 Å². The van der Waals surface area contributed by atoms with Gasteiger partial charge in [-0.15, -0.1) is 0 Å². The molecule has 2 heterocycles. The lowest BCUT2D eigenvalue weighted by Crippen LogP contribution is -2.28. The molecule has 2 fully saturated rings. The molecular weight excluding hydrogens is 240 g/mol. The van der Waals surface area contributed by atoms with Crippen LogP contribution in [0.15, 0.2) is 0 Å². The van der Waals surface area contributed by atoms with Crippen LogP contribution in [-0.2, 0) is 0 Å². The van der Waals surface area contributed by atoms with Crippen LogP contribution in [0.2, 0.25) is 5.28 Å². The number of nitrogen functional groups attached to an aromatic ring is 1. The number of anilines is 2. The second-order valence-corrected chi connectivity index (χ2v) is 4.98. The van der Waals surface area contributed by atoms with Crippen LogP contribution in [0.25, 0.3) is 0 Å². The van der Waals surface area contributed by atoms with Crippen molar-refractivity contribution in [1.29, 1.82) is 0 Å².